The van der Waals surface area contributed by atoms with E-state index in [1.807, 2.05) is 0 Å². The predicted molar refractivity (Wildman–Crippen MR) is 86.1 cm³/mol. The molecule has 0 spiro atoms. The van der Waals surface area contributed by atoms with Crippen molar-refractivity contribution in [3.05, 3.63) is 35.9 Å². The summed E-state index contributed by atoms with van der Waals surface area (Å²) in [6.07, 6.45) is 1.67. The first-order chi connectivity index (χ1) is 11.6. The highest BCUT2D eigenvalue weighted by atomic mass is 16.5. The van der Waals surface area contributed by atoms with Crippen molar-refractivity contribution in [3.8, 4) is 5.82 Å². The maximum absolute atomic E-state index is 12.0. The van der Waals surface area contributed by atoms with Crippen LogP contribution in [0.2, 0.25) is 0 Å². The Kier molecular flexibility index (Phi) is 4.10. The van der Waals surface area contributed by atoms with Crippen LogP contribution in [0, 0.1) is 6.92 Å². The largest absolute Gasteiger partial charge is 0.461 e. The SMILES string of the molecule is CCOC(=O)c1cc(Nc2cc[nH]n2)n(-c2cc(N)nc(C)n2)n1. The van der Waals surface area contributed by atoms with Gasteiger partial charge >= 0.3 is 5.97 Å². The molecular formula is C14H16N8O2. The third kappa shape index (κ3) is 3.16. The number of nitrogens with two attached hydrogens (primary N) is 1. The molecule has 10 nitrogen and oxygen atoms in total. The van der Waals surface area contributed by atoms with E-state index in [0.717, 1.165) is 0 Å². The maximum atomic E-state index is 12.0. The van der Waals surface area contributed by atoms with Gasteiger partial charge in [0.1, 0.15) is 17.5 Å². The van der Waals surface area contributed by atoms with Crippen molar-refractivity contribution in [1.82, 2.24) is 29.9 Å². The van der Waals surface area contributed by atoms with Gasteiger partial charge in [-0.2, -0.15) is 14.9 Å². The zero-order chi connectivity index (χ0) is 17.1. The van der Waals surface area contributed by atoms with Crippen molar-refractivity contribution in [3.63, 3.8) is 0 Å². The zero-order valence-electron chi connectivity index (χ0n) is 13.1. The van der Waals surface area contributed by atoms with Gasteiger partial charge < -0.3 is 15.8 Å². The van der Waals surface area contributed by atoms with Gasteiger partial charge in [-0.15, -0.1) is 0 Å². The third-order valence-corrected chi connectivity index (χ3v) is 3.01. The molecule has 3 rings (SSSR count). The number of esters is 1. The van der Waals surface area contributed by atoms with E-state index in [0.29, 0.717) is 29.1 Å². The normalized spacial score (nSPS) is 10.6. The minimum atomic E-state index is -0.528. The van der Waals surface area contributed by atoms with Gasteiger partial charge in [-0.25, -0.2) is 14.8 Å². The molecule has 0 aromatic carbocycles. The van der Waals surface area contributed by atoms with Gasteiger partial charge in [0.15, 0.2) is 17.3 Å². The second kappa shape index (κ2) is 6.36. The monoisotopic (exact) mass is 328 g/mol. The zero-order valence-corrected chi connectivity index (χ0v) is 13.1. The third-order valence-electron chi connectivity index (χ3n) is 3.01. The average Bonchev–Trinajstić information content (AvgIpc) is 3.16. The van der Waals surface area contributed by atoms with Crippen LogP contribution < -0.4 is 11.1 Å². The molecule has 4 N–H and O–H groups in total. The summed E-state index contributed by atoms with van der Waals surface area (Å²) in [6.45, 7) is 3.70. The van der Waals surface area contributed by atoms with Crippen LogP contribution in [0.4, 0.5) is 17.5 Å². The number of nitrogens with zero attached hydrogens (tertiary/aromatic N) is 5. The molecule has 0 atom stereocenters. The Balaban J connectivity index is 2.06. The lowest BCUT2D eigenvalue weighted by molar-refractivity contribution is 0.0519. The van der Waals surface area contributed by atoms with Crippen LogP contribution in [-0.2, 0) is 4.74 Å². The van der Waals surface area contributed by atoms with E-state index in [1.165, 1.54) is 4.68 Å². The summed E-state index contributed by atoms with van der Waals surface area (Å²) in [6, 6.07) is 4.85. The number of carbonyl (C=O) groups is 1. The first kappa shape index (κ1) is 15.5. The number of nitrogens with one attached hydrogen (secondary N) is 2. The predicted octanol–water partition coefficient (Wildman–Crippen LogP) is 1.20. The fraction of sp³-hybridized carbons (Fsp3) is 0.214. The highest BCUT2D eigenvalue weighted by Gasteiger charge is 2.18. The van der Waals surface area contributed by atoms with Gasteiger partial charge in [0.25, 0.3) is 0 Å². The summed E-state index contributed by atoms with van der Waals surface area (Å²) in [5.41, 5.74) is 5.92. The number of aromatic nitrogens is 6. The quantitative estimate of drug-likeness (QED) is 0.594. The van der Waals surface area contributed by atoms with Gasteiger partial charge in [0, 0.05) is 24.4 Å². The number of aromatic amines is 1. The minimum absolute atomic E-state index is 0.143. The molecule has 3 aromatic heterocycles. The molecule has 124 valence electrons. The number of hydrogen-bond acceptors (Lipinski definition) is 8. The molecule has 3 heterocycles. The second-order valence-corrected chi connectivity index (χ2v) is 4.83. The summed E-state index contributed by atoms with van der Waals surface area (Å²) >= 11 is 0. The van der Waals surface area contributed by atoms with Crippen molar-refractivity contribution < 1.29 is 9.53 Å². The molecule has 0 amide bonds. The van der Waals surface area contributed by atoms with Crippen LogP contribution >= 0.6 is 0 Å². The van der Waals surface area contributed by atoms with Gasteiger partial charge in [0.05, 0.1) is 6.61 Å². The molecule has 0 bridgehead atoms. The van der Waals surface area contributed by atoms with Gasteiger partial charge in [0.2, 0.25) is 0 Å². The van der Waals surface area contributed by atoms with E-state index in [9.17, 15) is 4.79 Å². The molecule has 0 saturated carbocycles. The Morgan fingerprint density at radius 2 is 2.25 bits per heavy atom. The van der Waals surface area contributed by atoms with Gasteiger partial charge in [-0.3, -0.25) is 5.10 Å². The number of nitrogen functional groups attached to an aromatic ring is 1. The van der Waals surface area contributed by atoms with E-state index in [4.69, 9.17) is 10.5 Å². The van der Waals surface area contributed by atoms with Gasteiger partial charge in [-0.1, -0.05) is 0 Å². The Bertz CT molecular complexity index is 836. The molecule has 0 unspecified atom stereocenters. The lowest BCUT2D eigenvalue weighted by Gasteiger charge is -2.08. The number of carbonyl (C=O) groups excluding carboxylic acids is 1. The van der Waals surface area contributed by atoms with Crippen molar-refractivity contribution in [1.29, 1.82) is 0 Å². The average molecular weight is 328 g/mol. The number of aryl methyl sites for hydroxylation is 1. The highest BCUT2D eigenvalue weighted by Crippen LogP contribution is 2.21. The minimum Gasteiger partial charge on any atom is -0.461 e. The van der Waals surface area contributed by atoms with Crippen LogP contribution in [0.5, 0.6) is 0 Å². The standard InChI is InChI=1S/C14H16N8O2/c1-3-24-14(23)9-6-12(19-11-4-5-16-20-11)22(21-9)13-7-10(15)17-8(2)18-13/h4-7H,3H2,1-2H3,(H2,15,17,18)(H2,16,19,20). The molecule has 0 saturated heterocycles. The first-order valence-corrected chi connectivity index (χ1v) is 7.22. The molecule has 0 radical (unpaired) electrons. The summed E-state index contributed by atoms with van der Waals surface area (Å²) in [5.74, 6) is 1.74. The van der Waals surface area contributed by atoms with E-state index in [-0.39, 0.29) is 12.3 Å². The van der Waals surface area contributed by atoms with Gasteiger partial charge in [-0.05, 0) is 13.8 Å². The Hall–Kier alpha value is -3.43. The van der Waals surface area contributed by atoms with Crippen molar-refractivity contribution in [2.75, 3.05) is 17.7 Å². The molecule has 0 aliphatic heterocycles. The summed E-state index contributed by atoms with van der Waals surface area (Å²) in [5, 5.41) is 14.0. The van der Waals surface area contributed by atoms with E-state index >= 15 is 0 Å². The summed E-state index contributed by atoms with van der Waals surface area (Å²) in [7, 11) is 0. The fourth-order valence-electron chi connectivity index (χ4n) is 2.09. The fourth-order valence-corrected chi connectivity index (χ4v) is 2.09. The number of ether oxygens (including phenoxy) is 1. The van der Waals surface area contributed by atoms with Crippen LogP contribution in [0.3, 0.4) is 0 Å². The molecule has 10 heteroatoms. The van der Waals surface area contributed by atoms with Crippen LogP contribution in [0.1, 0.15) is 23.2 Å². The van der Waals surface area contributed by atoms with E-state index in [2.05, 4.69) is 30.6 Å². The second-order valence-electron chi connectivity index (χ2n) is 4.83. The maximum Gasteiger partial charge on any atom is 0.358 e. The first-order valence-electron chi connectivity index (χ1n) is 7.22. The topological polar surface area (TPSA) is 137 Å². The number of anilines is 3. The van der Waals surface area contributed by atoms with Crippen molar-refractivity contribution >= 4 is 23.4 Å². The Labute approximate surface area is 137 Å². The van der Waals surface area contributed by atoms with Crippen LogP contribution in [0.15, 0.2) is 24.4 Å². The number of rotatable bonds is 5. The number of hydrogen-bond donors (Lipinski definition) is 3. The van der Waals surface area contributed by atoms with E-state index < -0.39 is 5.97 Å². The molecule has 0 aliphatic rings. The molecule has 0 aliphatic carbocycles. The summed E-state index contributed by atoms with van der Waals surface area (Å²) in [4.78, 5) is 20.3. The molecule has 0 fully saturated rings. The lowest BCUT2D eigenvalue weighted by Crippen LogP contribution is -2.09. The smallest absolute Gasteiger partial charge is 0.358 e. The molecule has 3 aromatic rings. The summed E-state index contributed by atoms with van der Waals surface area (Å²) < 4.78 is 6.44. The Morgan fingerprint density at radius 1 is 1.42 bits per heavy atom. The van der Waals surface area contributed by atoms with Crippen molar-refractivity contribution in [2.24, 2.45) is 0 Å². The van der Waals surface area contributed by atoms with E-state index in [1.54, 1.807) is 38.2 Å². The van der Waals surface area contributed by atoms with Crippen LogP contribution in [0.25, 0.3) is 5.82 Å². The highest BCUT2D eigenvalue weighted by molar-refractivity contribution is 5.88. The number of H-pyrrole nitrogens is 1. The molecule has 24 heavy (non-hydrogen) atoms. The van der Waals surface area contributed by atoms with Crippen molar-refractivity contribution in [2.45, 2.75) is 13.8 Å². The van der Waals surface area contributed by atoms with Crippen LogP contribution in [-0.4, -0.2) is 42.5 Å². The molecular weight excluding hydrogens is 312 g/mol. The Morgan fingerprint density at radius 3 is 2.92 bits per heavy atom. The lowest BCUT2D eigenvalue weighted by atomic mass is 10.4.